The molecule has 0 spiro atoms. The SMILES string of the molecule is CC(C)(C)OC(=O)N1CCc2cc(C3CC(C(=O)O)CN3)ccc21. The number of benzene rings is 1. The summed E-state index contributed by atoms with van der Waals surface area (Å²) in [6.45, 7) is 6.69. The van der Waals surface area contributed by atoms with E-state index in [0.717, 1.165) is 23.2 Å². The quantitative estimate of drug-likeness (QED) is 0.870. The van der Waals surface area contributed by atoms with Gasteiger partial charge in [-0.1, -0.05) is 12.1 Å². The van der Waals surface area contributed by atoms with E-state index < -0.39 is 11.6 Å². The van der Waals surface area contributed by atoms with Crippen LogP contribution in [0.4, 0.5) is 10.5 Å². The van der Waals surface area contributed by atoms with Gasteiger partial charge in [-0.15, -0.1) is 0 Å². The Morgan fingerprint density at radius 2 is 2.08 bits per heavy atom. The van der Waals surface area contributed by atoms with Crippen LogP contribution in [0.3, 0.4) is 0 Å². The minimum Gasteiger partial charge on any atom is -0.481 e. The predicted octanol–water partition coefficient (Wildman–Crippen LogP) is 2.72. The Morgan fingerprint density at radius 3 is 2.71 bits per heavy atom. The molecule has 0 aliphatic carbocycles. The van der Waals surface area contributed by atoms with Gasteiger partial charge in [-0.2, -0.15) is 0 Å². The molecule has 0 radical (unpaired) electrons. The molecule has 2 unspecified atom stereocenters. The first-order valence-electron chi connectivity index (χ1n) is 8.34. The molecular formula is C18H24N2O4. The van der Waals surface area contributed by atoms with Crippen LogP contribution in [-0.2, 0) is 16.0 Å². The number of fused-ring (bicyclic) bond motifs is 1. The molecule has 1 amide bonds. The molecule has 0 aromatic heterocycles. The van der Waals surface area contributed by atoms with Gasteiger partial charge in [0.05, 0.1) is 11.6 Å². The monoisotopic (exact) mass is 332 g/mol. The average molecular weight is 332 g/mol. The summed E-state index contributed by atoms with van der Waals surface area (Å²) in [5.74, 6) is -1.08. The van der Waals surface area contributed by atoms with Crippen molar-refractivity contribution < 1.29 is 19.4 Å². The number of carboxylic acid groups (broad SMARTS) is 1. The third kappa shape index (κ3) is 3.38. The van der Waals surface area contributed by atoms with Gasteiger partial charge in [0.15, 0.2) is 0 Å². The maximum absolute atomic E-state index is 12.3. The molecule has 2 N–H and O–H groups in total. The Labute approximate surface area is 141 Å². The third-order valence-electron chi connectivity index (χ3n) is 4.50. The highest BCUT2D eigenvalue weighted by Gasteiger charge is 2.32. The summed E-state index contributed by atoms with van der Waals surface area (Å²) in [4.78, 5) is 25.1. The van der Waals surface area contributed by atoms with Gasteiger partial charge in [0.2, 0.25) is 0 Å². The molecule has 24 heavy (non-hydrogen) atoms. The van der Waals surface area contributed by atoms with Crippen LogP contribution < -0.4 is 10.2 Å². The molecule has 1 aromatic rings. The first-order chi connectivity index (χ1) is 11.2. The van der Waals surface area contributed by atoms with Gasteiger partial charge in [-0.25, -0.2) is 4.79 Å². The summed E-state index contributed by atoms with van der Waals surface area (Å²) < 4.78 is 5.46. The molecule has 0 saturated carbocycles. The predicted molar refractivity (Wildman–Crippen MR) is 90.2 cm³/mol. The largest absolute Gasteiger partial charge is 0.481 e. The number of amides is 1. The zero-order valence-corrected chi connectivity index (χ0v) is 14.3. The Kier molecular flexibility index (Phi) is 4.25. The van der Waals surface area contributed by atoms with Crippen molar-refractivity contribution in [1.82, 2.24) is 5.32 Å². The van der Waals surface area contributed by atoms with Gasteiger partial charge in [0.1, 0.15) is 5.60 Å². The van der Waals surface area contributed by atoms with Crippen LogP contribution in [0.2, 0.25) is 0 Å². The molecule has 2 atom stereocenters. The number of hydrogen-bond donors (Lipinski definition) is 2. The van der Waals surface area contributed by atoms with Crippen LogP contribution in [0.5, 0.6) is 0 Å². The fourth-order valence-electron chi connectivity index (χ4n) is 3.32. The second-order valence-electron chi connectivity index (χ2n) is 7.50. The lowest BCUT2D eigenvalue weighted by molar-refractivity contribution is -0.141. The maximum Gasteiger partial charge on any atom is 0.414 e. The van der Waals surface area contributed by atoms with Gasteiger partial charge in [-0.05, 0) is 50.8 Å². The van der Waals surface area contributed by atoms with Gasteiger partial charge in [0.25, 0.3) is 0 Å². The maximum atomic E-state index is 12.3. The van der Waals surface area contributed by atoms with E-state index in [0.29, 0.717) is 19.5 Å². The third-order valence-corrected chi connectivity index (χ3v) is 4.50. The van der Waals surface area contributed by atoms with Crippen LogP contribution in [0.25, 0.3) is 0 Å². The molecule has 1 fully saturated rings. The molecule has 2 aliphatic heterocycles. The highest BCUT2D eigenvalue weighted by molar-refractivity contribution is 5.90. The van der Waals surface area contributed by atoms with Crippen molar-refractivity contribution in [2.75, 3.05) is 18.0 Å². The molecule has 2 aliphatic rings. The van der Waals surface area contributed by atoms with Crippen molar-refractivity contribution in [1.29, 1.82) is 0 Å². The fourth-order valence-corrected chi connectivity index (χ4v) is 3.32. The van der Waals surface area contributed by atoms with Crippen molar-refractivity contribution in [3.05, 3.63) is 29.3 Å². The smallest absolute Gasteiger partial charge is 0.414 e. The Bertz CT molecular complexity index is 665. The topological polar surface area (TPSA) is 78.9 Å². The highest BCUT2D eigenvalue weighted by Crippen LogP contribution is 2.34. The molecule has 0 bridgehead atoms. The first-order valence-corrected chi connectivity index (χ1v) is 8.34. The number of aliphatic carboxylic acids is 1. The minimum absolute atomic E-state index is 0.0620. The molecule has 3 rings (SSSR count). The van der Waals surface area contributed by atoms with Gasteiger partial charge < -0.3 is 15.2 Å². The van der Waals surface area contributed by atoms with Crippen molar-refractivity contribution in [2.24, 2.45) is 5.92 Å². The number of anilines is 1. The van der Waals surface area contributed by atoms with Gasteiger partial charge >= 0.3 is 12.1 Å². The van der Waals surface area contributed by atoms with E-state index in [1.165, 1.54) is 0 Å². The first kappa shape index (κ1) is 16.8. The zero-order chi connectivity index (χ0) is 17.5. The van der Waals surface area contributed by atoms with Crippen LogP contribution >= 0.6 is 0 Å². The zero-order valence-electron chi connectivity index (χ0n) is 14.3. The number of ether oxygens (including phenoxy) is 1. The second-order valence-corrected chi connectivity index (χ2v) is 7.50. The number of carboxylic acids is 1. The van der Waals surface area contributed by atoms with Crippen LogP contribution in [-0.4, -0.2) is 35.9 Å². The summed E-state index contributed by atoms with van der Waals surface area (Å²) in [7, 11) is 0. The number of carbonyl (C=O) groups excluding carboxylic acids is 1. The summed E-state index contributed by atoms with van der Waals surface area (Å²) in [5, 5.41) is 12.4. The van der Waals surface area contributed by atoms with E-state index in [1.54, 1.807) is 4.90 Å². The number of rotatable bonds is 2. The van der Waals surface area contributed by atoms with E-state index >= 15 is 0 Å². The summed E-state index contributed by atoms with van der Waals surface area (Å²) >= 11 is 0. The summed E-state index contributed by atoms with van der Waals surface area (Å²) in [6, 6.07) is 6.06. The Morgan fingerprint density at radius 1 is 1.33 bits per heavy atom. The van der Waals surface area contributed by atoms with E-state index in [2.05, 4.69) is 11.4 Å². The van der Waals surface area contributed by atoms with Gasteiger partial charge in [-0.3, -0.25) is 9.69 Å². The number of nitrogens with one attached hydrogen (secondary N) is 1. The molecule has 6 heteroatoms. The normalized spacial score (nSPS) is 23.2. The highest BCUT2D eigenvalue weighted by atomic mass is 16.6. The van der Waals surface area contributed by atoms with E-state index in [4.69, 9.17) is 9.84 Å². The van der Waals surface area contributed by atoms with Crippen molar-refractivity contribution in [3.63, 3.8) is 0 Å². The van der Waals surface area contributed by atoms with Crippen molar-refractivity contribution in [2.45, 2.75) is 45.3 Å². The van der Waals surface area contributed by atoms with Crippen LogP contribution in [0, 0.1) is 5.92 Å². The van der Waals surface area contributed by atoms with Crippen molar-refractivity contribution >= 4 is 17.7 Å². The average Bonchev–Trinajstić information content (AvgIpc) is 3.12. The lowest BCUT2D eigenvalue weighted by Gasteiger charge is -2.25. The second kappa shape index (κ2) is 6.09. The molecule has 1 aromatic carbocycles. The molecule has 130 valence electrons. The fraction of sp³-hybridized carbons (Fsp3) is 0.556. The molecular weight excluding hydrogens is 308 g/mol. The van der Waals surface area contributed by atoms with E-state index in [1.807, 2.05) is 32.9 Å². The number of carbonyl (C=O) groups is 2. The minimum atomic E-state index is -0.748. The van der Waals surface area contributed by atoms with Crippen LogP contribution in [0.1, 0.15) is 44.4 Å². The Hall–Kier alpha value is -2.08. The Balaban J connectivity index is 1.74. The number of hydrogen-bond acceptors (Lipinski definition) is 4. The lowest BCUT2D eigenvalue weighted by atomic mass is 9.98. The van der Waals surface area contributed by atoms with Crippen LogP contribution in [0.15, 0.2) is 18.2 Å². The summed E-state index contributed by atoms with van der Waals surface area (Å²) in [6.07, 6.45) is 1.07. The molecule has 2 heterocycles. The van der Waals surface area contributed by atoms with Crippen molar-refractivity contribution in [3.8, 4) is 0 Å². The summed E-state index contributed by atoms with van der Waals surface area (Å²) in [5.41, 5.74) is 2.57. The number of nitrogens with zero attached hydrogens (tertiary/aromatic N) is 1. The molecule has 1 saturated heterocycles. The van der Waals surface area contributed by atoms with Gasteiger partial charge in [0, 0.05) is 19.1 Å². The standard InChI is InChI=1S/C18H24N2O4/c1-18(2,3)24-17(23)20-7-6-12-8-11(4-5-15(12)20)14-9-13(10-19-14)16(21)22/h4-5,8,13-14,19H,6-7,9-10H2,1-3H3,(H,21,22). The molecule has 6 nitrogen and oxygen atoms in total. The van der Waals surface area contributed by atoms with E-state index in [9.17, 15) is 9.59 Å². The van der Waals surface area contributed by atoms with E-state index in [-0.39, 0.29) is 18.1 Å². The lowest BCUT2D eigenvalue weighted by Crippen LogP contribution is -2.35.